The van der Waals surface area contributed by atoms with Crippen molar-refractivity contribution < 1.29 is 14.3 Å². The van der Waals surface area contributed by atoms with E-state index in [0.29, 0.717) is 22.9 Å². The van der Waals surface area contributed by atoms with Crippen LogP contribution in [0.25, 0.3) is 0 Å². The SMILES string of the molecule is COc1ccc(Oc2ccc3c(c2)[N]C(=O)N3)cc1. The van der Waals surface area contributed by atoms with Crippen LogP contribution in [0.3, 0.4) is 0 Å². The first-order valence-corrected chi connectivity index (χ1v) is 5.73. The van der Waals surface area contributed by atoms with Gasteiger partial charge in [0.05, 0.1) is 18.5 Å². The van der Waals surface area contributed by atoms with Crippen molar-refractivity contribution in [2.45, 2.75) is 0 Å². The minimum absolute atomic E-state index is 0.350. The van der Waals surface area contributed by atoms with Crippen LogP contribution in [0.5, 0.6) is 17.2 Å². The Morgan fingerprint density at radius 2 is 1.68 bits per heavy atom. The lowest BCUT2D eigenvalue weighted by Crippen LogP contribution is -2.08. The number of nitrogens with zero attached hydrogens (tertiary/aromatic N) is 1. The molecule has 95 valence electrons. The average Bonchev–Trinajstić information content (AvgIpc) is 2.79. The lowest BCUT2D eigenvalue weighted by Gasteiger charge is -2.07. The molecule has 5 heteroatoms. The third-order valence-electron chi connectivity index (χ3n) is 2.73. The summed E-state index contributed by atoms with van der Waals surface area (Å²) in [5.74, 6) is 2.09. The summed E-state index contributed by atoms with van der Waals surface area (Å²) >= 11 is 0. The zero-order chi connectivity index (χ0) is 13.2. The zero-order valence-corrected chi connectivity index (χ0v) is 10.2. The number of fused-ring (bicyclic) bond motifs is 1. The van der Waals surface area contributed by atoms with Crippen molar-refractivity contribution in [3.8, 4) is 17.2 Å². The summed E-state index contributed by atoms with van der Waals surface area (Å²) in [4.78, 5) is 11.1. The molecule has 2 aromatic rings. The summed E-state index contributed by atoms with van der Waals surface area (Å²) in [7, 11) is 1.61. The number of rotatable bonds is 3. The molecule has 1 aliphatic rings. The van der Waals surface area contributed by atoms with Crippen LogP contribution in [0.1, 0.15) is 0 Å². The first-order chi connectivity index (χ1) is 9.24. The number of nitrogens with one attached hydrogen (secondary N) is 1. The second-order valence-corrected chi connectivity index (χ2v) is 4.00. The van der Waals surface area contributed by atoms with Gasteiger partial charge in [-0.25, -0.2) is 4.79 Å². The second kappa shape index (κ2) is 4.53. The van der Waals surface area contributed by atoms with Gasteiger partial charge in [0.1, 0.15) is 17.2 Å². The van der Waals surface area contributed by atoms with E-state index < -0.39 is 0 Å². The molecule has 3 rings (SSSR count). The van der Waals surface area contributed by atoms with Crippen LogP contribution in [-0.4, -0.2) is 13.1 Å². The topological polar surface area (TPSA) is 61.7 Å². The van der Waals surface area contributed by atoms with Gasteiger partial charge in [0.2, 0.25) is 0 Å². The Labute approximate surface area is 110 Å². The molecule has 1 radical (unpaired) electrons. The first kappa shape index (κ1) is 11.4. The Morgan fingerprint density at radius 3 is 2.42 bits per heavy atom. The molecule has 0 saturated carbocycles. The molecule has 0 saturated heterocycles. The molecule has 0 aromatic heterocycles. The Hall–Kier alpha value is -2.69. The Balaban J connectivity index is 1.80. The normalized spacial score (nSPS) is 12.4. The molecule has 19 heavy (non-hydrogen) atoms. The van der Waals surface area contributed by atoms with E-state index in [1.54, 1.807) is 25.3 Å². The lowest BCUT2D eigenvalue weighted by atomic mass is 10.2. The Bertz CT molecular complexity index is 623. The number of carbonyl (C=O) groups is 1. The molecule has 0 atom stereocenters. The predicted octanol–water partition coefficient (Wildman–Crippen LogP) is 3.27. The van der Waals surface area contributed by atoms with Crippen LogP contribution < -0.4 is 20.1 Å². The number of carbonyl (C=O) groups excluding carboxylic acids is 1. The van der Waals surface area contributed by atoms with E-state index in [4.69, 9.17) is 9.47 Å². The van der Waals surface area contributed by atoms with Gasteiger partial charge in [0, 0.05) is 6.07 Å². The maximum absolute atomic E-state index is 11.1. The van der Waals surface area contributed by atoms with Crippen LogP contribution in [-0.2, 0) is 0 Å². The van der Waals surface area contributed by atoms with Crippen molar-refractivity contribution >= 4 is 17.4 Å². The van der Waals surface area contributed by atoms with Gasteiger partial charge < -0.3 is 14.8 Å². The van der Waals surface area contributed by atoms with Crippen LogP contribution in [0.2, 0.25) is 0 Å². The van der Waals surface area contributed by atoms with E-state index in [0.717, 1.165) is 5.75 Å². The standard InChI is InChI=1S/C14H11N2O3/c1-18-9-2-4-10(5-3-9)19-11-6-7-12-13(8-11)16-14(17)15-12/h2-8H,1H3,(H,15,17). The largest absolute Gasteiger partial charge is 0.497 e. The molecular formula is C14H11N2O3. The number of anilines is 1. The third-order valence-corrected chi connectivity index (χ3v) is 2.73. The summed E-state index contributed by atoms with van der Waals surface area (Å²) in [6.45, 7) is 0. The highest BCUT2D eigenvalue weighted by Crippen LogP contribution is 2.33. The van der Waals surface area contributed by atoms with E-state index >= 15 is 0 Å². The quantitative estimate of drug-likeness (QED) is 0.915. The van der Waals surface area contributed by atoms with Gasteiger partial charge in [-0.15, -0.1) is 0 Å². The van der Waals surface area contributed by atoms with E-state index in [9.17, 15) is 4.79 Å². The number of benzene rings is 2. The number of hydrogen-bond donors (Lipinski definition) is 1. The molecule has 1 N–H and O–H groups in total. The van der Waals surface area contributed by atoms with E-state index in [1.165, 1.54) is 0 Å². The maximum Gasteiger partial charge on any atom is 0.346 e. The minimum Gasteiger partial charge on any atom is -0.497 e. The van der Waals surface area contributed by atoms with Crippen molar-refractivity contribution in [2.75, 3.05) is 12.4 Å². The summed E-state index contributed by atoms with van der Waals surface area (Å²) in [5.41, 5.74) is 1.29. The molecular weight excluding hydrogens is 244 g/mol. The van der Waals surface area contributed by atoms with E-state index in [-0.39, 0.29) is 6.03 Å². The molecule has 0 spiro atoms. The fourth-order valence-electron chi connectivity index (χ4n) is 1.81. The van der Waals surface area contributed by atoms with Crippen molar-refractivity contribution in [3.05, 3.63) is 42.5 Å². The molecule has 2 amide bonds. The van der Waals surface area contributed by atoms with Crippen molar-refractivity contribution in [3.63, 3.8) is 0 Å². The summed E-state index contributed by atoms with van der Waals surface area (Å²) < 4.78 is 10.8. The van der Waals surface area contributed by atoms with Crippen LogP contribution in [0.4, 0.5) is 16.2 Å². The van der Waals surface area contributed by atoms with Crippen molar-refractivity contribution in [1.29, 1.82) is 0 Å². The number of hydrogen-bond acceptors (Lipinski definition) is 3. The molecule has 1 heterocycles. The fraction of sp³-hybridized carbons (Fsp3) is 0.0714. The first-order valence-electron chi connectivity index (χ1n) is 5.73. The van der Waals surface area contributed by atoms with Crippen molar-refractivity contribution in [1.82, 2.24) is 5.32 Å². The Morgan fingerprint density at radius 1 is 1.00 bits per heavy atom. The molecule has 0 aliphatic carbocycles. The molecule has 0 bridgehead atoms. The van der Waals surface area contributed by atoms with Crippen LogP contribution in [0, 0.1) is 0 Å². The lowest BCUT2D eigenvalue weighted by molar-refractivity contribution is 0.256. The Kier molecular flexibility index (Phi) is 2.72. The average molecular weight is 255 g/mol. The third kappa shape index (κ3) is 2.30. The predicted molar refractivity (Wildman–Crippen MR) is 70.3 cm³/mol. The van der Waals surface area contributed by atoms with Gasteiger partial charge in [-0.2, -0.15) is 5.32 Å². The summed E-state index contributed by atoms with van der Waals surface area (Å²) in [5, 5.41) is 6.46. The van der Waals surface area contributed by atoms with Gasteiger partial charge >= 0.3 is 6.03 Å². The van der Waals surface area contributed by atoms with Crippen molar-refractivity contribution in [2.24, 2.45) is 0 Å². The van der Waals surface area contributed by atoms with Gasteiger partial charge in [0.15, 0.2) is 0 Å². The van der Waals surface area contributed by atoms with E-state index in [2.05, 4.69) is 10.6 Å². The number of amides is 2. The monoisotopic (exact) mass is 255 g/mol. The number of ether oxygens (including phenoxy) is 2. The fourth-order valence-corrected chi connectivity index (χ4v) is 1.81. The minimum atomic E-state index is -0.350. The molecule has 0 fully saturated rings. The van der Waals surface area contributed by atoms with E-state index in [1.807, 2.05) is 24.3 Å². The highest BCUT2D eigenvalue weighted by atomic mass is 16.5. The number of methoxy groups -OCH3 is 1. The molecule has 0 unspecified atom stereocenters. The van der Waals surface area contributed by atoms with Gasteiger partial charge in [-0.3, -0.25) is 0 Å². The van der Waals surface area contributed by atoms with Crippen LogP contribution >= 0.6 is 0 Å². The highest BCUT2D eigenvalue weighted by molar-refractivity contribution is 6.02. The molecule has 2 aromatic carbocycles. The summed E-state index contributed by atoms with van der Waals surface area (Å²) in [6, 6.07) is 12.2. The molecule has 5 nitrogen and oxygen atoms in total. The number of urea groups is 1. The molecule has 1 aliphatic heterocycles. The zero-order valence-electron chi connectivity index (χ0n) is 10.2. The smallest absolute Gasteiger partial charge is 0.346 e. The maximum atomic E-state index is 11.1. The summed E-state index contributed by atoms with van der Waals surface area (Å²) in [6.07, 6.45) is 0. The highest BCUT2D eigenvalue weighted by Gasteiger charge is 2.19. The van der Waals surface area contributed by atoms with Gasteiger partial charge in [-0.1, -0.05) is 0 Å². The second-order valence-electron chi connectivity index (χ2n) is 4.00. The van der Waals surface area contributed by atoms with Gasteiger partial charge in [0.25, 0.3) is 0 Å². The van der Waals surface area contributed by atoms with Gasteiger partial charge in [-0.05, 0) is 36.4 Å². The van der Waals surface area contributed by atoms with Crippen LogP contribution in [0.15, 0.2) is 42.5 Å².